The van der Waals surface area contributed by atoms with Crippen molar-refractivity contribution in [1.82, 2.24) is 24.8 Å². The highest BCUT2D eigenvalue weighted by Crippen LogP contribution is 2.24. The van der Waals surface area contributed by atoms with Crippen molar-refractivity contribution in [3.63, 3.8) is 0 Å². The van der Waals surface area contributed by atoms with Gasteiger partial charge in [-0.2, -0.15) is 0 Å². The van der Waals surface area contributed by atoms with Crippen LogP contribution in [0.5, 0.6) is 5.88 Å². The molecule has 1 unspecified atom stereocenters. The predicted octanol–water partition coefficient (Wildman–Crippen LogP) is 1.31. The normalized spacial score (nSPS) is 12.4. The number of methoxy groups -OCH3 is 1. The molecule has 19 heavy (non-hydrogen) atoms. The summed E-state index contributed by atoms with van der Waals surface area (Å²) in [4.78, 5) is 13.0. The lowest BCUT2D eigenvalue weighted by Crippen LogP contribution is -2.27. The van der Waals surface area contributed by atoms with Gasteiger partial charge in [-0.3, -0.25) is 4.98 Å². The Morgan fingerprint density at radius 1 is 1.26 bits per heavy atom. The summed E-state index contributed by atoms with van der Waals surface area (Å²) in [6.45, 7) is 2.99. The van der Waals surface area contributed by atoms with Gasteiger partial charge in [-0.15, -0.1) is 0 Å². The average molecular weight is 261 g/mol. The summed E-state index contributed by atoms with van der Waals surface area (Å²) in [5, 5.41) is 3.44. The molecule has 2 rings (SSSR count). The molecule has 1 N–H and O–H groups in total. The molecule has 0 amide bonds. The van der Waals surface area contributed by atoms with Gasteiger partial charge in [0.15, 0.2) is 0 Å². The molecule has 0 fully saturated rings. The quantitative estimate of drug-likeness (QED) is 0.849. The molecular weight excluding hydrogens is 242 g/mol. The van der Waals surface area contributed by atoms with Crippen LogP contribution in [-0.2, 0) is 7.05 Å². The Hall–Kier alpha value is -1.95. The molecule has 6 nitrogen and oxygen atoms in total. The van der Waals surface area contributed by atoms with Gasteiger partial charge in [-0.1, -0.05) is 6.92 Å². The lowest BCUT2D eigenvalue weighted by Gasteiger charge is -2.19. The first-order valence-electron chi connectivity index (χ1n) is 6.33. The number of imidazole rings is 1. The van der Waals surface area contributed by atoms with Crippen LogP contribution in [0.2, 0.25) is 0 Å². The van der Waals surface area contributed by atoms with Crippen molar-refractivity contribution in [2.24, 2.45) is 7.05 Å². The number of aryl methyl sites for hydroxylation is 1. The number of nitrogens with one attached hydrogen (secondary N) is 1. The van der Waals surface area contributed by atoms with Crippen molar-refractivity contribution < 1.29 is 4.74 Å². The second kappa shape index (κ2) is 6.29. The lowest BCUT2D eigenvalue weighted by molar-refractivity contribution is 0.380. The predicted molar refractivity (Wildman–Crippen MR) is 71.9 cm³/mol. The van der Waals surface area contributed by atoms with Crippen molar-refractivity contribution in [3.05, 3.63) is 36.3 Å². The average Bonchev–Trinajstić information content (AvgIpc) is 2.86. The highest BCUT2D eigenvalue weighted by molar-refractivity contribution is 5.27. The van der Waals surface area contributed by atoms with Gasteiger partial charge in [0, 0.05) is 31.8 Å². The summed E-state index contributed by atoms with van der Waals surface area (Å²) in [5.41, 5.74) is 0.757. The van der Waals surface area contributed by atoms with Crippen molar-refractivity contribution in [3.8, 4) is 5.88 Å². The van der Waals surface area contributed by atoms with E-state index in [4.69, 9.17) is 4.74 Å². The van der Waals surface area contributed by atoms with E-state index in [-0.39, 0.29) is 6.04 Å². The third-order valence-electron chi connectivity index (χ3n) is 2.87. The molecule has 6 heteroatoms. The molecule has 0 bridgehead atoms. The summed E-state index contributed by atoms with van der Waals surface area (Å²) < 4.78 is 7.27. The van der Waals surface area contributed by atoms with E-state index >= 15 is 0 Å². The third kappa shape index (κ3) is 2.90. The van der Waals surface area contributed by atoms with Crippen molar-refractivity contribution >= 4 is 0 Å². The molecule has 0 saturated heterocycles. The number of aromatic nitrogens is 4. The Kier molecular flexibility index (Phi) is 4.46. The highest BCUT2D eigenvalue weighted by Gasteiger charge is 2.23. The van der Waals surface area contributed by atoms with Gasteiger partial charge < -0.3 is 14.6 Å². The minimum absolute atomic E-state index is 0.122. The van der Waals surface area contributed by atoms with Gasteiger partial charge in [0.25, 0.3) is 0 Å². The van der Waals surface area contributed by atoms with E-state index in [0.717, 1.165) is 24.5 Å². The monoisotopic (exact) mass is 261 g/mol. The largest absolute Gasteiger partial charge is 0.480 e. The van der Waals surface area contributed by atoms with Crippen LogP contribution in [0.1, 0.15) is 30.9 Å². The van der Waals surface area contributed by atoms with Crippen LogP contribution < -0.4 is 10.1 Å². The van der Waals surface area contributed by atoms with E-state index < -0.39 is 0 Å². The lowest BCUT2D eigenvalue weighted by atomic mass is 10.2. The third-order valence-corrected chi connectivity index (χ3v) is 2.87. The van der Waals surface area contributed by atoms with E-state index in [1.165, 1.54) is 0 Å². The Bertz CT molecular complexity index is 525. The van der Waals surface area contributed by atoms with Crippen LogP contribution in [0.15, 0.2) is 24.8 Å². The zero-order chi connectivity index (χ0) is 13.7. The maximum absolute atomic E-state index is 5.29. The van der Waals surface area contributed by atoms with Crippen LogP contribution in [0, 0.1) is 0 Å². The Balaban J connectivity index is 2.40. The molecule has 0 spiro atoms. The Labute approximate surface area is 112 Å². The minimum atomic E-state index is -0.122. The van der Waals surface area contributed by atoms with Gasteiger partial charge in [0.05, 0.1) is 7.11 Å². The van der Waals surface area contributed by atoms with E-state index in [1.807, 2.05) is 17.8 Å². The van der Waals surface area contributed by atoms with Crippen LogP contribution in [-0.4, -0.2) is 33.2 Å². The molecule has 1 atom stereocenters. The first kappa shape index (κ1) is 13.5. The summed E-state index contributed by atoms with van der Waals surface area (Å²) in [5.74, 6) is 1.42. The fraction of sp³-hybridized carbons (Fsp3) is 0.462. The van der Waals surface area contributed by atoms with E-state index in [1.54, 1.807) is 25.7 Å². The molecule has 2 aromatic heterocycles. The molecular formula is C13H19N5O. The standard InChI is InChI=1S/C13H19N5O/c1-4-5-14-10(12-16-8-9-18(12)2)11-13(19-3)17-7-6-15-11/h6-10,14H,4-5H2,1-3H3. The van der Waals surface area contributed by atoms with Crippen LogP contribution in [0.3, 0.4) is 0 Å². The fourth-order valence-corrected chi connectivity index (χ4v) is 1.95. The summed E-state index contributed by atoms with van der Waals surface area (Å²) >= 11 is 0. The SMILES string of the molecule is CCCNC(c1nccnc1OC)c1nccn1C. The van der Waals surface area contributed by atoms with Gasteiger partial charge >= 0.3 is 0 Å². The second-order valence-electron chi connectivity index (χ2n) is 4.23. The molecule has 0 saturated carbocycles. The molecule has 0 aliphatic heterocycles. The first-order valence-corrected chi connectivity index (χ1v) is 6.33. The van der Waals surface area contributed by atoms with Gasteiger partial charge in [0.1, 0.15) is 17.6 Å². The van der Waals surface area contributed by atoms with E-state index in [9.17, 15) is 0 Å². The topological polar surface area (TPSA) is 64.9 Å². The van der Waals surface area contributed by atoms with Crippen molar-refractivity contribution in [1.29, 1.82) is 0 Å². The summed E-state index contributed by atoms with van der Waals surface area (Å²) in [7, 11) is 3.56. The number of hydrogen-bond acceptors (Lipinski definition) is 5. The zero-order valence-electron chi connectivity index (χ0n) is 11.5. The fourth-order valence-electron chi connectivity index (χ4n) is 1.95. The molecule has 2 heterocycles. The van der Waals surface area contributed by atoms with Gasteiger partial charge in [-0.05, 0) is 13.0 Å². The Morgan fingerprint density at radius 2 is 2.05 bits per heavy atom. The van der Waals surface area contributed by atoms with Gasteiger partial charge in [0.2, 0.25) is 5.88 Å². The van der Waals surface area contributed by atoms with Crippen LogP contribution in [0.4, 0.5) is 0 Å². The zero-order valence-corrected chi connectivity index (χ0v) is 11.5. The minimum Gasteiger partial charge on any atom is -0.480 e. The summed E-state index contributed by atoms with van der Waals surface area (Å²) in [6.07, 6.45) is 8.01. The second-order valence-corrected chi connectivity index (χ2v) is 4.23. The maximum atomic E-state index is 5.29. The molecule has 0 radical (unpaired) electrons. The molecule has 2 aromatic rings. The molecule has 102 valence electrons. The van der Waals surface area contributed by atoms with Crippen molar-refractivity contribution in [2.75, 3.05) is 13.7 Å². The van der Waals surface area contributed by atoms with Crippen molar-refractivity contribution in [2.45, 2.75) is 19.4 Å². The number of nitrogens with zero attached hydrogens (tertiary/aromatic N) is 4. The molecule has 0 aromatic carbocycles. The number of ether oxygens (including phenoxy) is 1. The number of rotatable bonds is 6. The van der Waals surface area contributed by atoms with Crippen LogP contribution in [0.25, 0.3) is 0 Å². The maximum Gasteiger partial charge on any atom is 0.237 e. The van der Waals surface area contributed by atoms with E-state index in [0.29, 0.717) is 5.88 Å². The molecule has 0 aliphatic rings. The van der Waals surface area contributed by atoms with E-state index in [2.05, 4.69) is 27.2 Å². The van der Waals surface area contributed by atoms with Crippen LogP contribution >= 0.6 is 0 Å². The summed E-state index contributed by atoms with van der Waals surface area (Å²) in [6, 6.07) is -0.122. The smallest absolute Gasteiger partial charge is 0.237 e. The highest BCUT2D eigenvalue weighted by atomic mass is 16.5. The molecule has 0 aliphatic carbocycles. The van der Waals surface area contributed by atoms with Gasteiger partial charge in [-0.25, -0.2) is 9.97 Å². The first-order chi connectivity index (χ1) is 9.27. The number of hydrogen-bond donors (Lipinski definition) is 1. The Morgan fingerprint density at radius 3 is 2.68 bits per heavy atom.